The molecule has 1 aliphatic rings. The number of carbonyl (C=O) groups excluding carboxylic acids is 2. The smallest absolute Gasteiger partial charge is 0.355 e. The molecule has 0 bridgehead atoms. The van der Waals surface area contributed by atoms with Gasteiger partial charge >= 0.3 is 6.18 Å². The van der Waals surface area contributed by atoms with Gasteiger partial charge in [0.25, 0.3) is 11.8 Å². The van der Waals surface area contributed by atoms with Crippen molar-refractivity contribution in [2.45, 2.75) is 32.5 Å². The first-order valence-corrected chi connectivity index (χ1v) is 9.01. The normalized spacial score (nSPS) is 14.2. The van der Waals surface area contributed by atoms with Gasteiger partial charge in [0, 0.05) is 31.3 Å². The molecule has 148 valence electrons. The SMILES string of the molecule is CNC(=O)c1ccc2c(c1)CCCN(C(=O)c1cc(C)cc(C(F)(F)F)c1)C2. The van der Waals surface area contributed by atoms with Gasteiger partial charge in [-0.2, -0.15) is 13.2 Å². The highest BCUT2D eigenvalue weighted by Gasteiger charge is 2.32. The predicted octanol–water partition coefficient (Wildman–Crippen LogP) is 3.96. The first-order valence-electron chi connectivity index (χ1n) is 9.01. The Labute approximate surface area is 161 Å². The van der Waals surface area contributed by atoms with Crippen molar-refractivity contribution >= 4 is 11.8 Å². The maximum absolute atomic E-state index is 13.1. The molecule has 4 nitrogen and oxygen atoms in total. The average molecular weight is 390 g/mol. The van der Waals surface area contributed by atoms with E-state index in [2.05, 4.69) is 5.32 Å². The number of amides is 2. The first-order chi connectivity index (χ1) is 13.2. The van der Waals surface area contributed by atoms with Crippen LogP contribution >= 0.6 is 0 Å². The summed E-state index contributed by atoms with van der Waals surface area (Å²) in [6.07, 6.45) is -3.12. The highest BCUT2D eigenvalue weighted by atomic mass is 19.4. The van der Waals surface area contributed by atoms with Crippen LogP contribution in [0.25, 0.3) is 0 Å². The standard InChI is InChI=1S/C21H21F3N2O2/c1-13-8-17(11-18(9-13)21(22,23)24)20(28)26-7-3-4-14-10-15(19(27)25-2)5-6-16(14)12-26/h5-6,8-11H,3-4,7,12H2,1-2H3,(H,25,27). The van der Waals surface area contributed by atoms with E-state index in [1.807, 2.05) is 12.1 Å². The third kappa shape index (κ3) is 4.18. The van der Waals surface area contributed by atoms with Crippen LogP contribution in [0.15, 0.2) is 36.4 Å². The van der Waals surface area contributed by atoms with Crippen LogP contribution in [0.4, 0.5) is 13.2 Å². The lowest BCUT2D eigenvalue weighted by atomic mass is 10.0. The van der Waals surface area contributed by atoms with Gasteiger partial charge in [-0.15, -0.1) is 0 Å². The fourth-order valence-corrected chi connectivity index (χ4v) is 3.47. The Hall–Kier alpha value is -2.83. The van der Waals surface area contributed by atoms with E-state index in [1.165, 1.54) is 6.07 Å². The van der Waals surface area contributed by atoms with Gasteiger partial charge in [0.2, 0.25) is 0 Å². The van der Waals surface area contributed by atoms with Gasteiger partial charge in [0.05, 0.1) is 5.56 Å². The summed E-state index contributed by atoms with van der Waals surface area (Å²) in [5.41, 5.74) is 2.05. The minimum atomic E-state index is -4.50. The lowest BCUT2D eigenvalue weighted by Crippen LogP contribution is -2.31. The number of carbonyl (C=O) groups is 2. The van der Waals surface area contributed by atoms with Crippen LogP contribution in [0.2, 0.25) is 0 Å². The Morgan fingerprint density at radius 3 is 2.46 bits per heavy atom. The third-order valence-electron chi connectivity index (χ3n) is 4.87. The van der Waals surface area contributed by atoms with E-state index in [-0.39, 0.29) is 11.5 Å². The second kappa shape index (κ2) is 7.66. The molecule has 0 saturated heterocycles. The van der Waals surface area contributed by atoms with E-state index in [0.29, 0.717) is 37.1 Å². The van der Waals surface area contributed by atoms with Crippen molar-refractivity contribution in [2.24, 2.45) is 0 Å². The van der Waals surface area contributed by atoms with Crippen LogP contribution in [-0.2, 0) is 19.1 Å². The summed E-state index contributed by atoms with van der Waals surface area (Å²) in [6.45, 7) is 2.29. The van der Waals surface area contributed by atoms with Crippen molar-refractivity contribution in [3.05, 3.63) is 69.8 Å². The molecule has 0 atom stereocenters. The number of halogens is 3. The van der Waals surface area contributed by atoms with E-state index < -0.39 is 17.6 Å². The molecule has 0 spiro atoms. The highest BCUT2D eigenvalue weighted by molar-refractivity contribution is 5.95. The fraction of sp³-hybridized carbons (Fsp3) is 0.333. The average Bonchev–Trinajstić information content (AvgIpc) is 2.87. The van der Waals surface area contributed by atoms with E-state index in [0.717, 1.165) is 23.3 Å². The summed E-state index contributed by atoms with van der Waals surface area (Å²) in [6, 6.07) is 8.75. The number of fused-ring (bicyclic) bond motifs is 1. The zero-order valence-electron chi connectivity index (χ0n) is 15.7. The minimum absolute atomic E-state index is 0.0396. The monoisotopic (exact) mass is 390 g/mol. The van der Waals surface area contributed by atoms with Crippen LogP contribution in [0.3, 0.4) is 0 Å². The molecule has 1 aliphatic heterocycles. The van der Waals surface area contributed by atoms with Crippen LogP contribution in [0.1, 0.15) is 49.4 Å². The second-order valence-electron chi connectivity index (χ2n) is 6.98. The number of hydrogen-bond acceptors (Lipinski definition) is 2. The van der Waals surface area contributed by atoms with Crippen molar-refractivity contribution < 1.29 is 22.8 Å². The lowest BCUT2D eigenvalue weighted by molar-refractivity contribution is -0.137. The number of hydrogen-bond donors (Lipinski definition) is 1. The number of nitrogens with one attached hydrogen (secondary N) is 1. The molecule has 1 N–H and O–H groups in total. The summed E-state index contributed by atoms with van der Waals surface area (Å²) >= 11 is 0. The Morgan fingerprint density at radius 1 is 1.04 bits per heavy atom. The molecule has 3 rings (SSSR count). The summed E-state index contributed by atoms with van der Waals surface area (Å²) in [7, 11) is 1.56. The quantitative estimate of drug-likeness (QED) is 0.844. The minimum Gasteiger partial charge on any atom is -0.355 e. The molecule has 0 saturated carbocycles. The van der Waals surface area contributed by atoms with Gasteiger partial charge < -0.3 is 10.2 Å². The summed E-state index contributed by atoms with van der Waals surface area (Å²) < 4.78 is 39.3. The fourth-order valence-electron chi connectivity index (χ4n) is 3.47. The molecule has 0 aliphatic carbocycles. The van der Waals surface area contributed by atoms with Crippen LogP contribution < -0.4 is 5.32 Å². The molecule has 1 heterocycles. The molecule has 0 aromatic heterocycles. The summed E-state index contributed by atoms with van der Waals surface area (Å²) in [5.74, 6) is -0.600. The molecular formula is C21H21F3N2O2. The summed E-state index contributed by atoms with van der Waals surface area (Å²) in [5, 5.41) is 2.58. The van der Waals surface area contributed by atoms with Crippen molar-refractivity contribution in [2.75, 3.05) is 13.6 Å². The molecule has 2 amide bonds. The van der Waals surface area contributed by atoms with Gasteiger partial charge in [-0.1, -0.05) is 6.07 Å². The maximum Gasteiger partial charge on any atom is 0.416 e. The zero-order chi connectivity index (χ0) is 20.5. The molecule has 28 heavy (non-hydrogen) atoms. The van der Waals surface area contributed by atoms with E-state index in [9.17, 15) is 22.8 Å². The Bertz CT molecular complexity index is 922. The molecule has 7 heteroatoms. The number of nitrogens with zero attached hydrogens (tertiary/aromatic N) is 1. The van der Waals surface area contributed by atoms with Gasteiger partial charge in [-0.3, -0.25) is 9.59 Å². The summed E-state index contributed by atoms with van der Waals surface area (Å²) in [4.78, 5) is 26.3. The topological polar surface area (TPSA) is 49.4 Å². The Morgan fingerprint density at radius 2 is 1.79 bits per heavy atom. The highest BCUT2D eigenvalue weighted by Crippen LogP contribution is 2.31. The van der Waals surface area contributed by atoms with Crippen LogP contribution in [0.5, 0.6) is 0 Å². The van der Waals surface area contributed by atoms with E-state index >= 15 is 0 Å². The molecular weight excluding hydrogens is 369 g/mol. The third-order valence-corrected chi connectivity index (χ3v) is 4.87. The number of rotatable bonds is 2. The van der Waals surface area contributed by atoms with Crippen molar-refractivity contribution in [1.29, 1.82) is 0 Å². The number of alkyl halides is 3. The Kier molecular flexibility index (Phi) is 5.45. The van der Waals surface area contributed by atoms with Gasteiger partial charge in [-0.25, -0.2) is 0 Å². The molecule has 0 fully saturated rings. The predicted molar refractivity (Wildman–Crippen MR) is 99.1 cm³/mol. The Balaban J connectivity index is 1.88. The van der Waals surface area contributed by atoms with Crippen molar-refractivity contribution in [3.8, 4) is 0 Å². The molecule has 2 aromatic rings. The van der Waals surface area contributed by atoms with Crippen molar-refractivity contribution in [3.63, 3.8) is 0 Å². The molecule has 0 unspecified atom stereocenters. The van der Waals surface area contributed by atoms with E-state index in [4.69, 9.17) is 0 Å². The van der Waals surface area contributed by atoms with E-state index in [1.54, 1.807) is 24.9 Å². The molecule has 2 aromatic carbocycles. The number of benzene rings is 2. The van der Waals surface area contributed by atoms with Crippen molar-refractivity contribution in [1.82, 2.24) is 10.2 Å². The van der Waals surface area contributed by atoms with Crippen LogP contribution in [-0.4, -0.2) is 30.3 Å². The van der Waals surface area contributed by atoms with Gasteiger partial charge in [-0.05, 0) is 66.8 Å². The van der Waals surface area contributed by atoms with Crippen LogP contribution in [0, 0.1) is 6.92 Å². The largest absolute Gasteiger partial charge is 0.416 e. The van der Waals surface area contributed by atoms with Gasteiger partial charge in [0.1, 0.15) is 0 Å². The number of aryl methyl sites for hydroxylation is 2. The van der Waals surface area contributed by atoms with Gasteiger partial charge in [0.15, 0.2) is 0 Å². The molecule has 0 radical (unpaired) electrons. The lowest BCUT2D eigenvalue weighted by Gasteiger charge is -2.22. The maximum atomic E-state index is 13.1. The second-order valence-corrected chi connectivity index (χ2v) is 6.98. The first kappa shape index (κ1) is 19.9. The zero-order valence-corrected chi connectivity index (χ0v) is 15.7.